The Hall–Kier alpha value is -1.07. The van der Waals surface area contributed by atoms with E-state index >= 15 is 0 Å². The minimum absolute atomic E-state index is 0.0354. The van der Waals surface area contributed by atoms with E-state index in [0.717, 1.165) is 6.07 Å². The SMILES string of the molecule is CC(C)(C)[Si](C)(C)OC1CCC(c2cccc(F)c2F)CCC1=O. The molecule has 0 aromatic heterocycles. The highest BCUT2D eigenvalue weighted by atomic mass is 28.4. The van der Waals surface area contributed by atoms with Gasteiger partial charge in [-0.1, -0.05) is 32.9 Å². The van der Waals surface area contributed by atoms with Crippen LogP contribution in [0.25, 0.3) is 0 Å². The third-order valence-electron chi connectivity index (χ3n) is 5.54. The van der Waals surface area contributed by atoms with E-state index in [1.165, 1.54) is 6.07 Å². The third-order valence-corrected chi connectivity index (χ3v) is 10.0. The van der Waals surface area contributed by atoms with Crippen LogP contribution >= 0.6 is 0 Å². The summed E-state index contributed by atoms with van der Waals surface area (Å²) in [4.78, 5) is 12.5. The minimum atomic E-state index is -2.03. The highest BCUT2D eigenvalue weighted by Gasteiger charge is 2.41. The van der Waals surface area contributed by atoms with Crippen LogP contribution in [-0.4, -0.2) is 20.2 Å². The second-order valence-electron chi connectivity index (χ2n) is 8.29. The first kappa shape index (κ1) is 19.3. The van der Waals surface area contributed by atoms with E-state index in [2.05, 4.69) is 33.9 Å². The number of carbonyl (C=O) groups is 1. The molecule has 0 spiro atoms. The largest absolute Gasteiger partial charge is 0.407 e. The van der Waals surface area contributed by atoms with E-state index in [4.69, 9.17) is 4.43 Å². The van der Waals surface area contributed by atoms with Crippen molar-refractivity contribution in [3.8, 4) is 0 Å². The highest BCUT2D eigenvalue weighted by Crippen LogP contribution is 2.40. The molecule has 1 aromatic rings. The molecule has 1 aromatic carbocycles. The van der Waals surface area contributed by atoms with Gasteiger partial charge in [0.15, 0.2) is 25.7 Å². The number of hydrogen-bond donors (Lipinski definition) is 0. The molecule has 2 rings (SSSR count). The van der Waals surface area contributed by atoms with Gasteiger partial charge in [0.2, 0.25) is 0 Å². The molecular weight excluding hydrogens is 326 g/mol. The van der Waals surface area contributed by atoms with E-state index in [1.54, 1.807) is 6.07 Å². The number of benzene rings is 1. The van der Waals surface area contributed by atoms with Crippen molar-refractivity contribution in [2.75, 3.05) is 0 Å². The second kappa shape index (κ2) is 7.04. The zero-order chi connectivity index (χ0) is 18.1. The average Bonchev–Trinajstić information content (AvgIpc) is 2.64. The quantitative estimate of drug-likeness (QED) is 0.523. The molecule has 0 N–H and O–H groups in total. The van der Waals surface area contributed by atoms with Crippen LogP contribution in [0.4, 0.5) is 8.78 Å². The molecule has 1 aliphatic carbocycles. The predicted octanol–water partition coefficient (Wildman–Crippen LogP) is 5.58. The van der Waals surface area contributed by atoms with Crippen molar-refractivity contribution >= 4 is 14.1 Å². The fraction of sp³-hybridized carbons (Fsp3) is 0.632. The molecule has 0 aliphatic heterocycles. The van der Waals surface area contributed by atoms with Crippen molar-refractivity contribution in [2.45, 2.75) is 76.6 Å². The summed E-state index contributed by atoms with van der Waals surface area (Å²) in [7, 11) is -2.03. The summed E-state index contributed by atoms with van der Waals surface area (Å²) < 4.78 is 33.8. The lowest BCUT2D eigenvalue weighted by molar-refractivity contribution is -0.126. The number of hydrogen-bond acceptors (Lipinski definition) is 2. The maximum atomic E-state index is 14.1. The van der Waals surface area contributed by atoms with Crippen LogP contribution in [-0.2, 0) is 9.22 Å². The Bertz CT molecular complexity index is 608. The van der Waals surface area contributed by atoms with Gasteiger partial charge in [-0.2, -0.15) is 0 Å². The Morgan fingerprint density at radius 1 is 1.12 bits per heavy atom. The summed E-state index contributed by atoms with van der Waals surface area (Å²) in [5.41, 5.74) is 0.385. The summed E-state index contributed by atoms with van der Waals surface area (Å²) in [5, 5.41) is 0.0354. The highest BCUT2D eigenvalue weighted by molar-refractivity contribution is 6.74. The van der Waals surface area contributed by atoms with Crippen molar-refractivity contribution in [1.29, 1.82) is 0 Å². The van der Waals surface area contributed by atoms with Gasteiger partial charge in [0.1, 0.15) is 6.10 Å². The van der Waals surface area contributed by atoms with Crippen LogP contribution in [0.5, 0.6) is 0 Å². The van der Waals surface area contributed by atoms with Crippen LogP contribution in [0.15, 0.2) is 18.2 Å². The molecule has 2 atom stereocenters. The fourth-order valence-corrected chi connectivity index (χ4v) is 4.25. The molecule has 5 heteroatoms. The summed E-state index contributed by atoms with van der Waals surface area (Å²) in [6.45, 7) is 10.7. The maximum Gasteiger partial charge on any atom is 0.193 e. The molecular formula is C19H28F2O2Si. The van der Waals surface area contributed by atoms with E-state index < -0.39 is 26.1 Å². The molecule has 24 heavy (non-hydrogen) atoms. The molecule has 0 amide bonds. The second-order valence-corrected chi connectivity index (χ2v) is 13.0. The van der Waals surface area contributed by atoms with E-state index in [0.29, 0.717) is 31.2 Å². The first-order chi connectivity index (χ1) is 11.0. The lowest BCUT2D eigenvalue weighted by Gasteiger charge is -2.38. The number of halogens is 2. The van der Waals surface area contributed by atoms with Gasteiger partial charge < -0.3 is 4.43 Å². The monoisotopic (exact) mass is 354 g/mol. The Labute approximate surface area is 144 Å². The van der Waals surface area contributed by atoms with Crippen molar-refractivity contribution < 1.29 is 18.0 Å². The van der Waals surface area contributed by atoms with Gasteiger partial charge in [-0.15, -0.1) is 0 Å². The zero-order valence-electron chi connectivity index (χ0n) is 15.3. The van der Waals surface area contributed by atoms with Crippen LogP contribution in [0, 0.1) is 11.6 Å². The Balaban J connectivity index is 2.14. The first-order valence-electron chi connectivity index (χ1n) is 8.67. The molecule has 0 radical (unpaired) electrons. The van der Waals surface area contributed by atoms with E-state index in [-0.39, 0.29) is 16.7 Å². The molecule has 1 fully saturated rings. The van der Waals surface area contributed by atoms with Crippen LogP contribution in [0.1, 0.15) is 57.9 Å². The van der Waals surface area contributed by atoms with Crippen molar-refractivity contribution in [2.24, 2.45) is 0 Å². The standard InChI is InChI=1S/C19H28F2O2Si/c1-19(2,3)24(4,5)23-17-12-10-13(9-11-16(17)22)14-7-6-8-15(20)18(14)21/h6-8,13,17H,9-12H2,1-5H3. The zero-order valence-corrected chi connectivity index (χ0v) is 16.3. The van der Waals surface area contributed by atoms with Gasteiger partial charge in [-0.25, -0.2) is 8.78 Å². The van der Waals surface area contributed by atoms with Gasteiger partial charge in [0, 0.05) is 6.42 Å². The van der Waals surface area contributed by atoms with Gasteiger partial charge in [0.05, 0.1) is 0 Å². The number of Topliss-reactive ketones (excluding diaryl/α,β-unsaturated/α-hetero) is 1. The summed E-state index contributed by atoms with van der Waals surface area (Å²) in [6.07, 6.45) is 1.72. The molecule has 2 nitrogen and oxygen atoms in total. The summed E-state index contributed by atoms with van der Waals surface area (Å²) in [6, 6.07) is 4.29. The van der Waals surface area contributed by atoms with Crippen LogP contribution < -0.4 is 0 Å². The Morgan fingerprint density at radius 2 is 1.79 bits per heavy atom. The van der Waals surface area contributed by atoms with Crippen LogP contribution in [0.2, 0.25) is 18.1 Å². The topological polar surface area (TPSA) is 26.3 Å². The van der Waals surface area contributed by atoms with Crippen LogP contribution in [0.3, 0.4) is 0 Å². The maximum absolute atomic E-state index is 14.1. The smallest absolute Gasteiger partial charge is 0.193 e. The summed E-state index contributed by atoms with van der Waals surface area (Å²) >= 11 is 0. The molecule has 1 aliphatic rings. The molecule has 0 bridgehead atoms. The summed E-state index contributed by atoms with van der Waals surface area (Å²) in [5.74, 6) is -1.63. The average molecular weight is 355 g/mol. The lowest BCUT2D eigenvalue weighted by atomic mass is 9.91. The van der Waals surface area contributed by atoms with E-state index in [9.17, 15) is 13.6 Å². The van der Waals surface area contributed by atoms with E-state index in [1.807, 2.05) is 0 Å². The molecule has 1 saturated carbocycles. The third kappa shape index (κ3) is 4.12. The molecule has 0 heterocycles. The Kier molecular flexibility index (Phi) is 5.65. The Morgan fingerprint density at radius 3 is 2.42 bits per heavy atom. The molecule has 0 saturated heterocycles. The van der Waals surface area contributed by atoms with Crippen molar-refractivity contribution in [3.05, 3.63) is 35.4 Å². The minimum Gasteiger partial charge on any atom is -0.407 e. The predicted molar refractivity (Wildman–Crippen MR) is 94.6 cm³/mol. The van der Waals surface area contributed by atoms with Gasteiger partial charge in [-0.3, -0.25) is 4.79 Å². The van der Waals surface area contributed by atoms with Crippen molar-refractivity contribution in [3.63, 3.8) is 0 Å². The number of carbonyl (C=O) groups excluding carboxylic acids is 1. The normalized spacial score (nSPS) is 23.2. The first-order valence-corrected chi connectivity index (χ1v) is 11.6. The fourth-order valence-electron chi connectivity index (χ4n) is 2.94. The molecule has 134 valence electrons. The number of rotatable bonds is 3. The van der Waals surface area contributed by atoms with Gasteiger partial charge in [0.25, 0.3) is 0 Å². The lowest BCUT2D eigenvalue weighted by Crippen LogP contribution is -2.45. The van der Waals surface area contributed by atoms with Gasteiger partial charge >= 0.3 is 0 Å². The number of ketones is 1. The van der Waals surface area contributed by atoms with Crippen molar-refractivity contribution in [1.82, 2.24) is 0 Å². The molecule has 2 unspecified atom stereocenters. The van der Waals surface area contributed by atoms with Gasteiger partial charge in [-0.05, 0) is 54.9 Å².